The summed E-state index contributed by atoms with van der Waals surface area (Å²) in [5.74, 6) is 1.67. The summed E-state index contributed by atoms with van der Waals surface area (Å²) in [5.41, 5.74) is 0. The molecule has 13 heavy (non-hydrogen) atoms. The van der Waals surface area contributed by atoms with Gasteiger partial charge in [-0.05, 0) is 19.9 Å². The summed E-state index contributed by atoms with van der Waals surface area (Å²) in [7, 11) is 1.48. The van der Waals surface area contributed by atoms with Crippen LogP contribution in [0.5, 0.6) is 0 Å². The van der Waals surface area contributed by atoms with Gasteiger partial charge in [0.1, 0.15) is 0 Å². The second kappa shape index (κ2) is 5.13. The maximum absolute atomic E-state index is 11.1. The molecule has 1 saturated heterocycles. The molecule has 0 aliphatic carbocycles. The van der Waals surface area contributed by atoms with E-state index in [1.54, 1.807) is 0 Å². The van der Waals surface area contributed by atoms with Crippen LogP contribution < -0.4 is 0 Å². The number of rotatable bonds is 3. The molecular formula is C9H16ClNOS. The van der Waals surface area contributed by atoms with Crippen LogP contribution in [-0.2, 0) is 10.8 Å². The monoisotopic (exact) mass is 221 g/mol. The van der Waals surface area contributed by atoms with Crippen LogP contribution in [0.2, 0.25) is 0 Å². The summed E-state index contributed by atoms with van der Waals surface area (Å²) in [6, 6.07) is 0.535. The molecule has 0 bridgehead atoms. The summed E-state index contributed by atoms with van der Waals surface area (Å²) in [6.07, 6.45) is 2.04. The van der Waals surface area contributed by atoms with Gasteiger partial charge in [-0.1, -0.05) is 18.2 Å². The third-order valence-electron chi connectivity index (χ3n) is 2.40. The number of hydrogen-bond acceptors (Lipinski definition) is 2. The molecule has 1 aliphatic heterocycles. The van der Waals surface area contributed by atoms with Crippen LogP contribution in [0.25, 0.3) is 0 Å². The molecule has 0 aromatic rings. The highest BCUT2D eigenvalue weighted by Gasteiger charge is 2.21. The largest absolute Gasteiger partial charge is 0.298 e. The van der Waals surface area contributed by atoms with Gasteiger partial charge >= 0.3 is 0 Å². The first-order valence-electron chi connectivity index (χ1n) is 4.48. The zero-order chi connectivity index (χ0) is 9.84. The fourth-order valence-corrected chi connectivity index (χ4v) is 3.08. The van der Waals surface area contributed by atoms with Crippen molar-refractivity contribution in [2.24, 2.45) is 0 Å². The lowest BCUT2D eigenvalue weighted by molar-refractivity contribution is 0.249. The standard InChI is InChI=1S/C9H16ClNOS/c1-8(10)7-11(2)9-3-5-13(12)6-4-9/h9H,1,3-7H2,2H3. The first kappa shape index (κ1) is 11.2. The van der Waals surface area contributed by atoms with Crippen molar-refractivity contribution in [3.63, 3.8) is 0 Å². The molecule has 4 heteroatoms. The number of likely N-dealkylation sites (N-methyl/N-ethyl adjacent to an activating group) is 1. The normalized spacial score (nSPS) is 29.2. The van der Waals surface area contributed by atoms with Crippen LogP contribution in [0, 0.1) is 0 Å². The van der Waals surface area contributed by atoms with Gasteiger partial charge in [0.25, 0.3) is 0 Å². The molecule has 0 aromatic carbocycles. The van der Waals surface area contributed by atoms with E-state index in [1.807, 2.05) is 7.05 Å². The Morgan fingerprint density at radius 3 is 2.62 bits per heavy atom. The molecule has 1 aliphatic rings. The predicted molar refractivity (Wildman–Crippen MR) is 58.5 cm³/mol. The number of halogens is 1. The zero-order valence-electron chi connectivity index (χ0n) is 7.96. The molecule has 0 amide bonds. The quantitative estimate of drug-likeness (QED) is 0.722. The summed E-state index contributed by atoms with van der Waals surface area (Å²) in [6.45, 7) is 4.40. The fourth-order valence-electron chi connectivity index (χ4n) is 1.62. The van der Waals surface area contributed by atoms with Crippen molar-refractivity contribution in [3.8, 4) is 0 Å². The second-order valence-corrected chi connectivity index (χ2v) is 5.74. The van der Waals surface area contributed by atoms with E-state index >= 15 is 0 Å². The molecule has 0 unspecified atom stereocenters. The fraction of sp³-hybridized carbons (Fsp3) is 0.778. The van der Waals surface area contributed by atoms with Crippen LogP contribution in [-0.4, -0.2) is 40.2 Å². The van der Waals surface area contributed by atoms with Gasteiger partial charge in [-0.2, -0.15) is 0 Å². The lowest BCUT2D eigenvalue weighted by Crippen LogP contribution is -2.37. The Morgan fingerprint density at radius 2 is 2.15 bits per heavy atom. The van der Waals surface area contributed by atoms with E-state index in [0.717, 1.165) is 30.9 Å². The van der Waals surface area contributed by atoms with Crippen molar-refractivity contribution in [3.05, 3.63) is 11.6 Å². The molecule has 1 heterocycles. The third kappa shape index (κ3) is 3.79. The van der Waals surface area contributed by atoms with Crippen molar-refractivity contribution in [1.82, 2.24) is 4.90 Å². The lowest BCUT2D eigenvalue weighted by atomic mass is 10.1. The van der Waals surface area contributed by atoms with Crippen molar-refractivity contribution in [2.75, 3.05) is 25.1 Å². The van der Waals surface area contributed by atoms with Gasteiger partial charge in [-0.15, -0.1) is 0 Å². The number of hydrogen-bond donors (Lipinski definition) is 0. The average Bonchev–Trinajstić information content (AvgIpc) is 2.04. The van der Waals surface area contributed by atoms with E-state index in [1.165, 1.54) is 0 Å². The highest BCUT2D eigenvalue weighted by molar-refractivity contribution is 7.85. The molecule has 0 atom stereocenters. The van der Waals surface area contributed by atoms with Crippen molar-refractivity contribution in [2.45, 2.75) is 18.9 Å². The molecule has 1 fully saturated rings. The SMILES string of the molecule is C=C(Cl)CN(C)C1CCS(=O)CC1. The Labute approximate surface area is 87.4 Å². The molecular weight excluding hydrogens is 206 g/mol. The Kier molecular flexibility index (Phi) is 4.42. The van der Waals surface area contributed by atoms with Gasteiger partial charge < -0.3 is 0 Å². The molecule has 1 rings (SSSR count). The minimum absolute atomic E-state index is 0.535. The minimum Gasteiger partial charge on any atom is -0.298 e. The molecule has 0 aromatic heterocycles. The molecule has 76 valence electrons. The molecule has 2 nitrogen and oxygen atoms in total. The maximum atomic E-state index is 11.1. The smallest absolute Gasteiger partial charge is 0.0335 e. The predicted octanol–water partition coefficient (Wildman–Crippen LogP) is 1.58. The van der Waals surface area contributed by atoms with E-state index in [2.05, 4.69) is 11.5 Å². The Bertz CT molecular complexity index is 210. The Hall–Kier alpha value is 0.140. The summed E-state index contributed by atoms with van der Waals surface area (Å²) in [4.78, 5) is 2.20. The van der Waals surface area contributed by atoms with E-state index < -0.39 is 10.8 Å². The lowest BCUT2D eigenvalue weighted by Gasteiger charge is -2.30. The van der Waals surface area contributed by atoms with E-state index in [-0.39, 0.29) is 0 Å². The molecule has 0 N–H and O–H groups in total. The van der Waals surface area contributed by atoms with Crippen LogP contribution >= 0.6 is 11.6 Å². The van der Waals surface area contributed by atoms with Crippen LogP contribution in [0.1, 0.15) is 12.8 Å². The van der Waals surface area contributed by atoms with E-state index in [0.29, 0.717) is 11.1 Å². The van der Waals surface area contributed by atoms with Crippen molar-refractivity contribution < 1.29 is 4.21 Å². The second-order valence-electron chi connectivity index (χ2n) is 3.51. The Balaban J connectivity index is 2.35. The van der Waals surface area contributed by atoms with Crippen LogP contribution in [0.3, 0.4) is 0 Å². The van der Waals surface area contributed by atoms with Gasteiger partial charge in [0.15, 0.2) is 0 Å². The first-order valence-corrected chi connectivity index (χ1v) is 6.34. The topological polar surface area (TPSA) is 20.3 Å². The zero-order valence-corrected chi connectivity index (χ0v) is 9.53. The minimum atomic E-state index is -0.572. The molecule has 0 saturated carbocycles. The third-order valence-corrected chi connectivity index (χ3v) is 3.90. The van der Waals surface area contributed by atoms with Gasteiger partial charge in [-0.3, -0.25) is 9.11 Å². The highest BCUT2D eigenvalue weighted by atomic mass is 35.5. The Morgan fingerprint density at radius 1 is 1.62 bits per heavy atom. The summed E-state index contributed by atoms with van der Waals surface area (Å²) in [5, 5.41) is 0.675. The van der Waals surface area contributed by atoms with E-state index in [9.17, 15) is 4.21 Å². The van der Waals surface area contributed by atoms with Gasteiger partial charge in [-0.25, -0.2) is 0 Å². The average molecular weight is 222 g/mol. The summed E-state index contributed by atoms with van der Waals surface area (Å²) >= 11 is 5.72. The molecule has 0 spiro atoms. The van der Waals surface area contributed by atoms with Crippen LogP contribution in [0.15, 0.2) is 11.6 Å². The van der Waals surface area contributed by atoms with Crippen molar-refractivity contribution >= 4 is 22.4 Å². The first-order chi connectivity index (χ1) is 6.09. The van der Waals surface area contributed by atoms with Crippen molar-refractivity contribution in [1.29, 1.82) is 0 Å². The van der Waals surface area contributed by atoms with Gasteiger partial charge in [0.2, 0.25) is 0 Å². The van der Waals surface area contributed by atoms with Crippen LogP contribution in [0.4, 0.5) is 0 Å². The summed E-state index contributed by atoms with van der Waals surface area (Å²) < 4.78 is 11.1. The maximum Gasteiger partial charge on any atom is 0.0335 e. The number of nitrogens with zero attached hydrogens (tertiary/aromatic N) is 1. The molecule has 0 radical (unpaired) electrons. The van der Waals surface area contributed by atoms with Gasteiger partial charge in [0, 0.05) is 39.9 Å². The highest BCUT2D eigenvalue weighted by Crippen LogP contribution is 2.16. The van der Waals surface area contributed by atoms with Gasteiger partial charge in [0.05, 0.1) is 0 Å². The van der Waals surface area contributed by atoms with E-state index in [4.69, 9.17) is 11.6 Å².